The molecule has 2 aliphatic rings. The molecule has 0 saturated heterocycles. The van der Waals surface area contributed by atoms with Crippen LogP contribution in [0.15, 0.2) is 23.2 Å². The Morgan fingerprint density at radius 2 is 2.00 bits per heavy atom. The van der Waals surface area contributed by atoms with E-state index in [4.69, 9.17) is 0 Å². The van der Waals surface area contributed by atoms with Crippen molar-refractivity contribution in [1.29, 1.82) is 0 Å². The van der Waals surface area contributed by atoms with E-state index in [1.807, 2.05) is 19.1 Å². The van der Waals surface area contributed by atoms with Gasteiger partial charge in [-0.1, -0.05) is 25.0 Å². The van der Waals surface area contributed by atoms with E-state index in [2.05, 4.69) is 4.99 Å². The molecule has 3 rings (SSSR count). The van der Waals surface area contributed by atoms with Crippen molar-refractivity contribution in [3.8, 4) is 0 Å². The van der Waals surface area contributed by atoms with Gasteiger partial charge in [0.1, 0.15) is 11.5 Å². The zero-order chi connectivity index (χ0) is 10.5. The first-order valence-corrected chi connectivity index (χ1v) is 5.59. The Balaban J connectivity index is 2.23. The maximum Gasteiger partial charge on any atom is 0.149 e. The largest absolute Gasteiger partial charge is 0.254 e. The van der Waals surface area contributed by atoms with E-state index in [0.29, 0.717) is 5.69 Å². The third-order valence-electron chi connectivity index (χ3n) is 3.93. The summed E-state index contributed by atoms with van der Waals surface area (Å²) in [6.07, 6.45) is 4.75. The van der Waals surface area contributed by atoms with Crippen molar-refractivity contribution in [3.63, 3.8) is 0 Å². The molecule has 1 fully saturated rings. The fourth-order valence-electron chi connectivity index (χ4n) is 3.09. The predicted molar refractivity (Wildman–Crippen MR) is 59.3 cm³/mol. The molecule has 1 spiro atoms. The minimum Gasteiger partial charge on any atom is -0.254 e. The summed E-state index contributed by atoms with van der Waals surface area (Å²) in [4.78, 5) is 4.43. The molecule has 15 heavy (non-hydrogen) atoms. The van der Waals surface area contributed by atoms with E-state index in [1.165, 1.54) is 18.9 Å². The van der Waals surface area contributed by atoms with E-state index in [0.717, 1.165) is 24.1 Å². The summed E-state index contributed by atoms with van der Waals surface area (Å²) in [6, 6.07) is 5.36. The molecule has 2 heteroatoms. The third kappa shape index (κ3) is 1.05. The van der Waals surface area contributed by atoms with Gasteiger partial charge in [-0.2, -0.15) is 0 Å². The highest BCUT2D eigenvalue weighted by Gasteiger charge is 2.43. The second-order valence-electron chi connectivity index (χ2n) is 4.62. The molecule has 1 aromatic carbocycles. The highest BCUT2D eigenvalue weighted by atomic mass is 19.1. The summed E-state index contributed by atoms with van der Waals surface area (Å²) >= 11 is 0. The van der Waals surface area contributed by atoms with Crippen LogP contribution < -0.4 is 0 Å². The SMILES string of the molecule is CC1=Nc2c(F)cccc2C12CCCC2. The van der Waals surface area contributed by atoms with Gasteiger partial charge >= 0.3 is 0 Å². The smallest absolute Gasteiger partial charge is 0.149 e. The summed E-state index contributed by atoms with van der Waals surface area (Å²) in [6.45, 7) is 2.05. The van der Waals surface area contributed by atoms with E-state index in [-0.39, 0.29) is 11.2 Å². The van der Waals surface area contributed by atoms with Gasteiger partial charge in [0.05, 0.1) is 0 Å². The summed E-state index contributed by atoms with van der Waals surface area (Å²) in [5.74, 6) is -0.171. The second-order valence-corrected chi connectivity index (χ2v) is 4.62. The highest BCUT2D eigenvalue weighted by Crippen LogP contribution is 2.50. The molecule has 0 bridgehead atoms. The van der Waals surface area contributed by atoms with Gasteiger partial charge in [-0.15, -0.1) is 0 Å². The Bertz CT molecular complexity index is 442. The van der Waals surface area contributed by atoms with Gasteiger partial charge in [0.2, 0.25) is 0 Å². The van der Waals surface area contributed by atoms with Crippen molar-refractivity contribution < 1.29 is 4.39 Å². The molecule has 1 aliphatic carbocycles. The average Bonchev–Trinajstić information content (AvgIpc) is 2.79. The number of aliphatic imine (C=N–C) groups is 1. The molecule has 0 atom stereocenters. The maximum absolute atomic E-state index is 13.6. The quantitative estimate of drug-likeness (QED) is 0.609. The fourth-order valence-corrected chi connectivity index (χ4v) is 3.09. The van der Waals surface area contributed by atoms with Gasteiger partial charge in [-0.3, -0.25) is 4.99 Å². The lowest BCUT2D eigenvalue weighted by atomic mass is 9.77. The first-order chi connectivity index (χ1) is 7.24. The van der Waals surface area contributed by atoms with Crippen molar-refractivity contribution >= 4 is 11.4 Å². The summed E-state index contributed by atoms with van der Waals surface area (Å²) in [7, 11) is 0. The Kier molecular flexibility index (Phi) is 1.76. The lowest BCUT2D eigenvalue weighted by Gasteiger charge is -2.24. The lowest BCUT2D eigenvalue weighted by Crippen LogP contribution is -2.27. The van der Waals surface area contributed by atoms with Crippen LogP contribution >= 0.6 is 0 Å². The average molecular weight is 203 g/mol. The maximum atomic E-state index is 13.6. The van der Waals surface area contributed by atoms with Crippen molar-refractivity contribution in [1.82, 2.24) is 0 Å². The molecule has 1 aliphatic heterocycles. The van der Waals surface area contributed by atoms with Crippen molar-refractivity contribution in [3.05, 3.63) is 29.6 Å². The van der Waals surface area contributed by atoms with Crippen LogP contribution in [0.25, 0.3) is 0 Å². The van der Waals surface area contributed by atoms with Gasteiger partial charge in [0.15, 0.2) is 0 Å². The topological polar surface area (TPSA) is 12.4 Å². The highest BCUT2D eigenvalue weighted by molar-refractivity contribution is 6.00. The molecule has 1 heterocycles. The normalized spacial score (nSPS) is 21.9. The Hall–Kier alpha value is -1.18. The Morgan fingerprint density at radius 3 is 2.73 bits per heavy atom. The van der Waals surface area contributed by atoms with E-state index < -0.39 is 0 Å². The number of hydrogen-bond acceptors (Lipinski definition) is 1. The summed E-state index contributed by atoms with van der Waals surface area (Å²) in [5.41, 5.74) is 2.91. The first-order valence-electron chi connectivity index (χ1n) is 5.59. The zero-order valence-corrected chi connectivity index (χ0v) is 8.89. The standard InChI is InChI=1S/C13H14FN/c1-9-13(7-2-3-8-13)10-5-4-6-11(14)12(10)15-9/h4-6H,2-3,7-8H2,1H3. The zero-order valence-electron chi connectivity index (χ0n) is 8.89. The number of benzene rings is 1. The van der Waals surface area contributed by atoms with E-state index in [1.54, 1.807) is 0 Å². The number of halogens is 1. The summed E-state index contributed by atoms with van der Waals surface area (Å²) < 4.78 is 13.6. The van der Waals surface area contributed by atoms with E-state index >= 15 is 0 Å². The monoisotopic (exact) mass is 203 g/mol. The Labute approximate surface area is 89.0 Å². The van der Waals surface area contributed by atoms with Crippen LogP contribution in [0.2, 0.25) is 0 Å². The fraction of sp³-hybridized carbons (Fsp3) is 0.462. The van der Waals surface area contributed by atoms with Crippen LogP contribution in [-0.4, -0.2) is 5.71 Å². The first kappa shape index (κ1) is 9.08. The second kappa shape index (κ2) is 2.91. The number of nitrogens with zero attached hydrogens (tertiary/aromatic N) is 1. The molecule has 0 N–H and O–H groups in total. The van der Waals surface area contributed by atoms with Crippen molar-refractivity contribution in [2.75, 3.05) is 0 Å². The number of rotatable bonds is 0. The number of para-hydroxylation sites is 1. The van der Waals surface area contributed by atoms with Gasteiger partial charge in [-0.25, -0.2) is 4.39 Å². The van der Waals surface area contributed by atoms with Crippen molar-refractivity contribution in [2.24, 2.45) is 4.99 Å². The molecular weight excluding hydrogens is 189 g/mol. The molecule has 0 amide bonds. The molecule has 0 radical (unpaired) electrons. The minimum atomic E-state index is -0.171. The molecule has 78 valence electrons. The van der Waals surface area contributed by atoms with Crippen LogP contribution in [0.3, 0.4) is 0 Å². The number of fused-ring (bicyclic) bond motifs is 2. The summed E-state index contributed by atoms with van der Waals surface area (Å²) in [5, 5.41) is 0. The van der Waals surface area contributed by atoms with Crippen LogP contribution in [0.5, 0.6) is 0 Å². The van der Waals surface area contributed by atoms with Crippen LogP contribution in [0.1, 0.15) is 38.2 Å². The number of hydrogen-bond donors (Lipinski definition) is 0. The molecule has 0 unspecified atom stereocenters. The van der Waals surface area contributed by atoms with Crippen LogP contribution in [0.4, 0.5) is 10.1 Å². The van der Waals surface area contributed by atoms with Gasteiger partial charge in [0.25, 0.3) is 0 Å². The van der Waals surface area contributed by atoms with Crippen LogP contribution in [0, 0.1) is 5.82 Å². The molecule has 0 aromatic heterocycles. The lowest BCUT2D eigenvalue weighted by molar-refractivity contribution is 0.597. The van der Waals surface area contributed by atoms with Gasteiger partial charge in [0, 0.05) is 11.1 Å². The molecule has 1 aromatic rings. The molecule has 1 nitrogen and oxygen atoms in total. The predicted octanol–water partition coefficient (Wildman–Crippen LogP) is 3.74. The third-order valence-corrected chi connectivity index (χ3v) is 3.93. The minimum absolute atomic E-state index is 0.0808. The molecular formula is C13H14FN. The molecule has 1 saturated carbocycles. The van der Waals surface area contributed by atoms with Crippen LogP contribution in [-0.2, 0) is 5.41 Å². The van der Waals surface area contributed by atoms with Gasteiger partial charge < -0.3 is 0 Å². The van der Waals surface area contributed by atoms with Gasteiger partial charge in [-0.05, 0) is 31.4 Å². The van der Waals surface area contributed by atoms with E-state index in [9.17, 15) is 4.39 Å². The Morgan fingerprint density at radius 1 is 1.27 bits per heavy atom. The van der Waals surface area contributed by atoms with Crippen molar-refractivity contribution in [2.45, 2.75) is 38.0 Å².